The van der Waals surface area contributed by atoms with Crippen LogP contribution in [0, 0.1) is 0 Å². The molecule has 3 heteroatoms. The van der Waals surface area contributed by atoms with E-state index in [-0.39, 0.29) is 0 Å². The number of fused-ring (bicyclic) bond motifs is 1. The predicted molar refractivity (Wildman–Crippen MR) is 85.3 cm³/mol. The molecule has 1 aromatic heterocycles. The third-order valence-corrected chi connectivity index (χ3v) is 3.45. The van der Waals surface area contributed by atoms with Crippen LogP contribution in [0.2, 0.25) is 0 Å². The van der Waals surface area contributed by atoms with E-state index in [4.69, 9.17) is 4.74 Å². The van der Waals surface area contributed by atoms with Gasteiger partial charge in [-0.3, -0.25) is 4.98 Å². The van der Waals surface area contributed by atoms with Crippen molar-refractivity contribution in [3.8, 4) is 5.75 Å². The number of nitrogens with one attached hydrogen (secondary N) is 1. The zero-order valence-corrected chi connectivity index (χ0v) is 12.0. The first kappa shape index (κ1) is 13.6. The molecule has 3 nitrogen and oxygen atoms in total. The highest BCUT2D eigenvalue weighted by Gasteiger charge is 1.99. The summed E-state index contributed by atoms with van der Waals surface area (Å²) in [5.41, 5.74) is 3.33. The topological polar surface area (TPSA) is 34.1 Å². The molecule has 3 aromatic rings. The summed E-state index contributed by atoms with van der Waals surface area (Å²) in [6, 6.07) is 20.5. The highest BCUT2D eigenvalue weighted by atomic mass is 16.5. The maximum Gasteiger partial charge on any atom is 0.118 e. The molecule has 3 rings (SSSR count). The van der Waals surface area contributed by atoms with Crippen LogP contribution in [0.15, 0.2) is 60.7 Å². The smallest absolute Gasteiger partial charge is 0.118 e. The van der Waals surface area contributed by atoms with Crippen LogP contribution >= 0.6 is 0 Å². The molecule has 0 saturated heterocycles. The summed E-state index contributed by atoms with van der Waals surface area (Å²) in [4.78, 5) is 4.65. The normalized spacial score (nSPS) is 10.7. The molecule has 0 spiro atoms. The molecule has 0 unspecified atom stereocenters. The summed E-state index contributed by atoms with van der Waals surface area (Å²) in [5, 5.41) is 4.59. The first-order chi connectivity index (χ1) is 10.3. The van der Waals surface area contributed by atoms with Crippen LogP contribution < -0.4 is 10.1 Å². The second kappa shape index (κ2) is 6.37. The third-order valence-electron chi connectivity index (χ3n) is 3.45. The minimum absolute atomic E-state index is 0.761. The average Bonchev–Trinajstić information content (AvgIpc) is 2.55. The van der Waals surface area contributed by atoms with Gasteiger partial charge in [-0.15, -0.1) is 0 Å². The second-order valence-corrected chi connectivity index (χ2v) is 4.95. The van der Waals surface area contributed by atoms with E-state index in [9.17, 15) is 0 Å². The van der Waals surface area contributed by atoms with Gasteiger partial charge in [0.1, 0.15) is 5.75 Å². The number of aromatic nitrogens is 1. The summed E-state index contributed by atoms with van der Waals surface area (Å²) in [6.45, 7) is 1.58. The Labute approximate surface area is 124 Å². The van der Waals surface area contributed by atoms with Crippen LogP contribution in [0.25, 0.3) is 10.9 Å². The van der Waals surface area contributed by atoms with Gasteiger partial charge in [-0.1, -0.05) is 36.4 Å². The quantitative estimate of drug-likeness (QED) is 0.775. The van der Waals surface area contributed by atoms with Crippen molar-refractivity contribution in [2.24, 2.45) is 0 Å². The van der Waals surface area contributed by atoms with Crippen molar-refractivity contribution in [3.05, 3.63) is 71.9 Å². The zero-order chi connectivity index (χ0) is 14.5. The van der Waals surface area contributed by atoms with Crippen molar-refractivity contribution >= 4 is 10.9 Å². The van der Waals surface area contributed by atoms with Crippen molar-refractivity contribution in [3.63, 3.8) is 0 Å². The lowest BCUT2D eigenvalue weighted by Gasteiger charge is -2.06. The SMILES string of the molecule is COc1ccc(CNCc2ccc3ccccc3n2)cc1. The van der Waals surface area contributed by atoms with E-state index < -0.39 is 0 Å². The fraction of sp³-hybridized carbons (Fsp3) is 0.167. The molecule has 0 fully saturated rings. The van der Waals surface area contributed by atoms with E-state index in [1.807, 2.05) is 30.3 Å². The number of benzene rings is 2. The summed E-state index contributed by atoms with van der Waals surface area (Å²) in [5.74, 6) is 0.884. The summed E-state index contributed by atoms with van der Waals surface area (Å²) in [7, 11) is 1.68. The Kier molecular flexibility index (Phi) is 4.12. The van der Waals surface area contributed by atoms with Crippen LogP contribution in [0.4, 0.5) is 0 Å². The molecule has 0 atom stereocenters. The number of pyridine rings is 1. The number of nitrogens with zero attached hydrogens (tertiary/aromatic N) is 1. The summed E-state index contributed by atoms with van der Waals surface area (Å²) in [6.07, 6.45) is 0. The van der Waals surface area contributed by atoms with Gasteiger partial charge in [0.15, 0.2) is 0 Å². The number of methoxy groups -OCH3 is 1. The van der Waals surface area contributed by atoms with Gasteiger partial charge in [0.25, 0.3) is 0 Å². The van der Waals surface area contributed by atoms with E-state index >= 15 is 0 Å². The highest BCUT2D eigenvalue weighted by Crippen LogP contribution is 2.13. The van der Waals surface area contributed by atoms with Gasteiger partial charge in [-0.2, -0.15) is 0 Å². The fourth-order valence-electron chi connectivity index (χ4n) is 2.28. The van der Waals surface area contributed by atoms with Gasteiger partial charge in [0.05, 0.1) is 18.3 Å². The Morgan fingerprint density at radius 3 is 2.52 bits per heavy atom. The first-order valence-electron chi connectivity index (χ1n) is 7.03. The number of ether oxygens (including phenoxy) is 1. The van der Waals surface area contributed by atoms with E-state index in [2.05, 4.69) is 40.6 Å². The average molecular weight is 278 g/mol. The van der Waals surface area contributed by atoms with Crippen LogP contribution in [-0.4, -0.2) is 12.1 Å². The van der Waals surface area contributed by atoms with Gasteiger partial charge in [-0.25, -0.2) is 0 Å². The number of hydrogen-bond acceptors (Lipinski definition) is 3. The van der Waals surface area contributed by atoms with Crippen LogP contribution in [0.5, 0.6) is 5.75 Å². The minimum Gasteiger partial charge on any atom is -0.497 e. The molecular weight excluding hydrogens is 260 g/mol. The molecule has 0 bridgehead atoms. The molecule has 2 aromatic carbocycles. The van der Waals surface area contributed by atoms with Crippen molar-refractivity contribution < 1.29 is 4.74 Å². The predicted octanol–water partition coefficient (Wildman–Crippen LogP) is 3.53. The molecule has 106 valence electrons. The lowest BCUT2D eigenvalue weighted by molar-refractivity contribution is 0.414. The molecule has 1 heterocycles. The van der Waals surface area contributed by atoms with Crippen molar-refractivity contribution in [1.29, 1.82) is 0 Å². The maximum absolute atomic E-state index is 5.15. The minimum atomic E-state index is 0.761. The number of hydrogen-bond donors (Lipinski definition) is 1. The van der Waals surface area contributed by atoms with E-state index in [1.54, 1.807) is 7.11 Å². The largest absolute Gasteiger partial charge is 0.497 e. The standard InChI is InChI=1S/C18H18N2O/c1-21-17-10-6-14(7-11-17)12-19-13-16-9-8-15-4-2-3-5-18(15)20-16/h2-11,19H,12-13H2,1H3. The van der Waals surface area contributed by atoms with Crippen molar-refractivity contribution in [2.45, 2.75) is 13.1 Å². The van der Waals surface area contributed by atoms with Gasteiger partial charge in [0, 0.05) is 18.5 Å². The molecule has 0 radical (unpaired) electrons. The molecule has 0 saturated carbocycles. The molecule has 1 N–H and O–H groups in total. The van der Waals surface area contributed by atoms with Crippen LogP contribution in [0.3, 0.4) is 0 Å². The van der Waals surface area contributed by atoms with Crippen LogP contribution in [-0.2, 0) is 13.1 Å². The monoisotopic (exact) mass is 278 g/mol. The van der Waals surface area contributed by atoms with Gasteiger partial charge >= 0.3 is 0 Å². The Morgan fingerprint density at radius 2 is 1.71 bits per heavy atom. The van der Waals surface area contributed by atoms with Crippen molar-refractivity contribution in [1.82, 2.24) is 10.3 Å². The Balaban J connectivity index is 1.60. The summed E-state index contributed by atoms with van der Waals surface area (Å²) < 4.78 is 5.15. The van der Waals surface area contributed by atoms with Gasteiger partial charge in [-0.05, 0) is 29.8 Å². The van der Waals surface area contributed by atoms with E-state index in [1.165, 1.54) is 10.9 Å². The molecule has 21 heavy (non-hydrogen) atoms. The molecular formula is C18H18N2O. The zero-order valence-electron chi connectivity index (χ0n) is 12.0. The summed E-state index contributed by atoms with van der Waals surface area (Å²) >= 11 is 0. The molecule has 0 aliphatic carbocycles. The highest BCUT2D eigenvalue weighted by molar-refractivity contribution is 5.78. The fourth-order valence-corrected chi connectivity index (χ4v) is 2.28. The Bertz CT molecular complexity index is 723. The van der Waals surface area contributed by atoms with E-state index in [0.29, 0.717) is 0 Å². The van der Waals surface area contributed by atoms with E-state index in [0.717, 1.165) is 30.0 Å². The maximum atomic E-state index is 5.15. The number of rotatable bonds is 5. The molecule has 0 aliphatic rings. The van der Waals surface area contributed by atoms with Crippen molar-refractivity contribution in [2.75, 3.05) is 7.11 Å². The van der Waals surface area contributed by atoms with Gasteiger partial charge < -0.3 is 10.1 Å². The van der Waals surface area contributed by atoms with Gasteiger partial charge in [0.2, 0.25) is 0 Å². The number of para-hydroxylation sites is 1. The lowest BCUT2D eigenvalue weighted by atomic mass is 10.2. The lowest BCUT2D eigenvalue weighted by Crippen LogP contribution is -2.13. The molecule has 0 amide bonds. The third kappa shape index (κ3) is 3.38. The van der Waals surface area contributed by atoms with Crippen LogP contribution in [0.1, 0.15) is 11.3 Å². The molecule has 0 aliphatic heterocycles. The second-order valence-electron chi connectivity index (χ2n) is 4.95. The Morgan fingerprint density at radius 1 is 0.905 bits per heavy atom. The first-order valence-corrected chi connectivity index (χ1v) is 7.03. The Hall–Kier alpha value is -2.39.